The van der Waals surface area contributed by atoms with E-state index >= 15 is 0 Å². The van der Waals surface area contributed by atoms with Crippen molar-refractivity contribution >= 4 is 38.4 Å². The maximum absolute atomic E-state index is 11.7. The van der Waals surface area contributed by atoms with Crippen molar-refractivity contribution in [3.05, 3.63) is 28.9 Å². The molecule has 2 aromatic rings. The van der Waals surface area contributed by atoms with Crippen LogP contribution in [0.25, 0.3) is 10.9 Å². The van der Waals surface area contributed by atoms with E-state index in [0.717, 1.165) is 21.1 Å². The van der Waals surface area contributed by atoms with Crippen LogP contribution in [0.3, 0.4) is 0 Å². The number of amides is 1. The Morgan fingerprint density at radius 3 is 3.07 bits per heavy atom. The molecular formula is C11H9BrN2O. The van der Waals surface area contributed by atoms with Crippen molar-refractivity contribution in [1.29, 1.82) is 0 Å². The lowest BCUT2D eigenvalue weighted by Crippen LogP contribution is -2.27. The van der Waals surface area contributed by atoms with Crippen molar-refractivity contribution in [2.45, 2.75) is 13.0 Å². The lowest BCUT2D eigenvalue weighted by atomic mass is 10.1. The molecule has 1 unspecified atom stereocenters. The van der Waals surface area contributed by atoms with Crippen LogP contribution in [0, 0.1) is 0 Å². The van der Waals surface area contributed by atoms with E-state index in [1.807, 2.05) is 29.8 Å². The van der Waals surface area contributed by atoms with E-state index in [9.17, 15) is 4.79 Å². The predicted molar refractivity (Wildman–Crippen MR) is 63.0 cm³/mol. The number of carbonyl (C=O) groups excluding carboxylic acids is 1. The van der Waals surface area contributed by atoms with Crippen LogP contribution in [-0.2, 0) is 4.79 Å². The number of nitrogens with zero attached hydrogens (tertiary/aromatic N) is 1. The summed E-state index contributed by atoms with van der Waals surface area (Å²) in [7, 11) is 0. The van der Waals surface area contributed by atoms with Crippen LogP contribution >= 0.6 is 15.9 Å². The molecule has 0 saturated heterocycles. The molecule has 0 aliphatic carbocycles. The zero-order chi connectivity index (χ0) is 10.6. The van der Waals surface area contributed by atoms with Gasteiger partial charge in [0, 0.05) is 16.1 Å². The monoisotopic (exact) mass is 264 g/mol. The average molecular weight is 265 g/mol. The van der Waals surface area contributed by atoms with Crippen LogP contribution in [0.4, 0.5) is 5.69 Å². The average Bonchev–Trinajstić information content (AvgIpc) is 2.58. The van der Waals surface area contributed by atoms with Gasteiger partial charge in [-0.05, 0) is 25.1 Å². The summed E-state index contributed by atoms with van der Waals surface area (Å²) in [5.74, 6) is 0.0399. The number of halogens is 1. The Bertz CT molecular complexity index is 573. The first kappa shape index (κ1) is 8.97. The minimum Gasteiger partial charge on any atom is -0.334 e. The van der Waals surface area contributed by atoms with E-state index in [1.165, 1.54) is 0 Å². The SMILES string of the molecule is CC1C(=O)Nc2cc(Br)cc3ccn1c23. The minimum atomic E-state index is -0.129. The molecule has 3 rings (SSSR count). The van der Waals surface area contributed by atoms with Gasteiger partial charge in [0.25, 0.3) is 0 Å². The van der Waals surface area contributed by atoms with E-state index in [-0.39, 0.29) is 11.9 Å². The summed E-state index contributed by atoms with van der Waals surface area (Å²) in [6.45, 7) is 1.90. The third-order valence-corrected chi connectivity index (χ3v) is 3.29. The molecule has 1 amide bonds. The van der Waals surface area contributed by atoms with Gasteiger partial charge < -0.3 is 9.88 Å². The molecule has 1 aromatic heterocycles. The Morgan fingerprint density at radius 2 is 2.27 bits per heavy atom. The first-order valence-electron chi connectivity index (χ1n) is 4.78. The van der Waals surface area contributed by atoms with Gasteiger partial charge >= 0.3 is 0 Å². The second-order valence-electron chi connectivity index (χ2n) is 3.78. The van der Waals surface area contributed by atoms with Crippen molar-refractivity contribution in [1.82, 2.24) is 4.57 Å². The molecule has 3 nitrogen and oxygen atoms in total. The summed E-state index contributed by atoms with van der Waals surface area (Å²) in [4.78, 5) is 11.7. The van der Waals surface area contributed by atoms with Gasteiger partial charge in [0.2, 0.25) is 5.91 Å². The molecule has 15 heavy (non-hydrogen) atoms. The second-order valence-corrected chi connectivity index (χ2v) is 4.70. The van der Waals surface area contributed by atoms with E-state index in [4.69, 9.17) is 0 Å². The molecule has 0 radical (unpaired) electrons. The molecular weight excluding hydrogens is 256 g/mol. The highest BCUT2D eigenvalue weighted by Crippen LogP contribution is 2.34. The molecule has 1 aliphatic rings. The highest BCUT2D eigenvalue weighted by Gasteiger charge is 2.24. The number of rotatable bonds is 0. The molecule has 4 heteroatoms. The Hall–Kier alpha value is -1.29. The second kappa shape index (κ2) is 2.85. The molecule has 1 N–H and O–H groups in total. The summed E-state index contributed by atoms with van der Waals surface area (Å²) in [5, 5.41) is 4.06. The summed E-state index contributed by atoms with van der Waals surface area (Å²) in [5.41, 5.74) is 1.98. The number of nitrogens with one attached hydrogen (secondary N) is 1. The molecule has 0 spiro atoms. The standard InChI is InChI=1S/C11H9BrN2O/c1-6-11(15)13-9-5-8(12)4-7-2-3-14(6)10(7)9/h2-6H,1H3,(H,13,15). The molecule has 2 heterocycles. The number of hydrogen-bond acceptors (Lipinski definition) is 1. The highest BCUT2D eigenvalue weighted by molar-refractivity contribution is 9.10. The van der Waals surface area contributed by atoms with Crippen molar-refractivity contribution in [2.24, 2.45) is 0 Å². The van der Waals surface area contributed by atoms with Crippen LogP contribution in [0.15, 0.2) is 28.9 Å². The molecule has 1 aromatic carbocycles. The third-order valence-electron chi connectivity index (χ3n) is 2.83. The Kier molecular flexibility index (Phi) is 1.71. The minimum absolute atomic E-state index is 0.0399. The smallest absolute Gasteiger partial charge is 0.247 e. The van der Waals surface area contributed by atoms with Gasteiger partial charge in [0.05, 0.1) is 11.2 Å². The summed E-state index contributed by atoms with van der Waals surface area (Å²) < 4.78 is 2.99. The summed E-state index contributed by atoms with van der Waals surface area (Å²) >= 11 is 3.43. The van der Waals surface area contributed by atoms with Gasteiger partial charge in [0.1, 0.15) is 6.04 Å². The lowest BCUT2D eigenvalue weighted by molar-refractivity contribution is -0.118. The van der Waals surface area contributed by atoms with Gasteiger partial charge in [0.15, 0.2) is 0 Å². The van der Waals surface area contributed by atoms with Crippen molar-refractivity contribution in [3.8, 4) is 0 Å². The number of carbonyl (C=O) groups is 1. The fourth-order valence-electron chi connectivity index (χ4n) is 2.05. The lowest BCUT2D eigenvalue weighted by Gasteiger charge is -2.22. The van der Waals surface area contributed by atoms with Crippen molar-refractivity contribution in [3.63, 3.8) is 0 Å². The van der Waals surface area contributed by atoms with Crippen LogP contribution in [-0.4, -0.2) is 10.5 Å². The topological polar surface area (TPSA) is 34.0 Å². The fraction of sp³-hybridized carbons (Fsp3) is 0.182. The molecule has 1 atom stereocenters. The van der Waals surface area contributed by atoms with Crippen molar-refractivity contribution in [2.75, 3.05) is 5.32 Å². The fourth-order valence-corrected chi connectivity index (χ4v) is 2.53. The number of benzene rings is 1. The van der Waals surface area contributed by atoms with Gasteiger partial charge in [-0.1, -0.05) is 15.9 Å². The summed E-state index contributed by atoms with van der Waals surface area (Å²) in [6, 6.07) is 5.89. The van der Waals surface area contributed by atoms with Crippen molar-refractivity contribution < 1.29 is 4.79 Å². The predicted octanol–water partition coefficient (Wildman–Crippen LogP) is 2.92. The zero-order valence-corrected chi connectivity index (χ0v) is 9.71. The first-order chi connectivity index (χ1) is 7.16. The van der Waals surface area contributed by atoms with Gasteiger partial charge in [-0.3, -0.25) is 4.79 Å². The molecule has 1 aliphatic heterocycles. The quantitative estimate of drug-likeness (QED) is 0.780. The largest absolute Gasteiger partial charge is 0.334 e. The number of anilines is 1. The normalized spacial score (nSPS) is 19.3. The van der Waals surface area contributed by atoms with Crippen LogP contribution < -0.4 is 5.32 Å². The van der Waals surface area contributed by atoms with E-state index in [2.05, 4.69) is 27.3 Å². The third kappa shape index (κ3) is 1.14. The van der Waals surface area contributed by atoms with E-state index in [1.54, 1.807) is 0 Å². The Labute approximate surface area is 95.2 Å². The maximum atomic E-state index is 11.7. The van der Waals surface area contributed by atoms with E-state index in [0.29, 0.717) is 0 Å². The molecule has 0 bridgehead atoms. The van der Waals surface area contributed by atoms with Gasteiger partial charge in [-0.2, -0.15) is 0 Å². The Morgan fingerprint density at radius 1 is 1.47 bits per heavy atom. The van der Waals surface area contributed by atoms with Crippen LogP contribution in [0.5, 0.6) is 0 Å². The molecule has 0 fully saturated rings. The van der Waals surface area contributed by atoms with Crippen LogP contribution in [0.2, 0.25) is 0 Å². The van der Waals surface area contributed by atoms with Gasteiger partial charge in [-0.15, -0.1) is 0 Å². The summed E-state index contributed by atoms with van der Waals surface area (Å²) in [6.07, 6.45) is 1.96. The zero-order valence-electron chi connectivity index (χ0n) is 8.12. The van der Waals surface area contributed by atoms with E-state index < -0.39 is 0 Å². The Balaban J connectivity index is 2.43. The van der Waals surface area contributed by atoms with Crippen LogP contribution in [0.1, 0.15) is 13.0 Å². The van der Waals surface area contributed by atoms with Gasteiger partial charge in [-0.25, -0.2) is 0 Å². The first-order valence-corrected chi connectivity index (χ1v) is 5.57. The molecule has 76 valence electrons. The molecule has 0 saturated carbocycles. The maximum Gasteiger partial charge on any atom is 0.247 e. The number of aromatic nitrogens is 1. The number of hydrogen-bond donors (Lipinski definition) is 1. The highest BCUT2D eigenvalue weighted by atomic mass is 79.9.